The predicted molar refractivity (Wildman–Crippen MR) is 90.3 cm³/mol. The summed E-state index contributed by atoms with van der Waals surface area (Å²) in [7, 11) is 3.21. The molecule has 2 N–H and O–H groups in total. The highest BCUT2D eigenvalue weighted by molar-refractivity contribution is 6.00. The van der Waals surface area contributed by atoms with Crippen molar-refractivity contribution in [2.24, 2.45) is 5.92 Å². The van der Waals surface area contributed by atoms with Crippen molar-refractivity contribution < 1.29 is 14.3 Å². The number of carbonyl (C=O) groups excluding carboxylic acids is 1. The molecule has 124 valence electrons. The minimum Gasteiger partial charge on any atom is -0.493 e. The molecule has 1 saturated carbocycles. The molecular weight excluding hydrogens is 292 g/mol. The summed E-state index contributed by atoms with van der Waals surface area (Å²) in [6.45, 7) is 2.21. The molecule has 0 aliphatic heterocycles. The van der Waals surface area contributed by atoms with Gasteiger partial charge in [-0.3, -0.25) is 4.79 Å². The minimum atomic E-state index is -0.0547. The van der Waals surface area contributed by atoms with Gasteiger partial charge in [0, 0.05) is 11.4 Å². The normalized spacial score (nSPS) is 21.2. The number of hydrogen-bond acceptors (Lipinski definition) is 3. The molecule has 1 fully saturated rings. The van der Waals surface area contributed by atoms with Crippen molar-refractivity contribution in [1.29, 1.82) is 0 Å². The lowest BCUT2D eigenvalue weighted by Gasteiger charge is -2.29. The van der Waals surface area contributed by atoms with Crippen LogP contribution in [0, 0.1) is 5.92 Å². The quantitative estimate of drug-likeness (QED) is 0.907. The molecule has 1 heterocycles. The fraction of sp³-hybridized carbons (Fsp3) is 0.500. The van der Waals surface area contributed by atoms with Crippen LogP contribution >= 0.6 is 0 Å². The summed E-state index contributed by atoms with van der Waals surface area (Å²) in [6.07, 6.45) is 4.69. The lowest BCUT2D eigenvalue weighted by atomic mass is 9.86. The Bertz CT molecular complexity index is 708. The number of rotatable bonds is 4. The summed E-state index contributed by atoms with van der Waals surface area (Å²) in [4.78, 5) is 15.7. The Hall–Kier alpha value is -2.17. The third kappa shape index (κ3) is 3.00. The van der Waals surface area contributed by atoms with Crippen LogP contribution in [0.2, 0.25) is 0 Å². The number of nitrogens with one attached hydrogen (secondary N) is 2. The van der Waals surface area contributed by atoms with Crippen molar-refractivity contribution in [2.45, 2.75) is 38.6 Å². The predicted octanol–water partition coefficient (Wildman–Crippen LogP) is 3.49. The standard InChI is InChI=1S/C18H24N2O3/c1-11-6-4-5-7-13(11)20-18(21)15-10-12-14(19-15)8-9-16(22-2)17(12)23-3/h8-11,13,19H,4-7H2,1-3H3,(H,20,21)/t11-,13+/m0/s1. The molecule has 0 saturated heterocycles. The van der Waals surface area contributed by atoms with E-state index in [1.807, 2.05) is 18.2 Å². The minimum absolute atomic E-state index is 0.0547. The first-order valence-corrected chi connectivity index (χ1v) is 8.18. The van der Waals surface area contributed by atoms with Gasteiger partial charge in [0.25, 0.3) is 5.91 Å². The molecule has 0 radical (unpaired) electrons. The molecule has 0 spiro atoms. The highest BCUT2D eigenvalue weighted by atomic mass is 16.5. The van der Waals surface area contributed by atoms with Gasteiger partial charge >= 0.3 is 0 Å². The van der Waals surface area contributed by atoms with Crippen LogP contribution in [0.1, 0.15) is 43.1 Å². The van der Waals surface area contributed by atoms with Crippen molar-refractivity contribution in [3.05, 3.63) is 23.9 Å². The number of ether oxygens (including phenoxy) is 2. The Morgan fingerprint density at radius 2 is 2.00 bits per heavy atom. The van der Waals surface area contributed by atoms with E-state index >= 15 is 0 Å². The highest BCUT2D eigenvalue weighted by Crippen LogP contribution is 2.35. The van der Waals surface area contributed by atoms with E-state index < -0.39 is 0 Å². The van der Waals surface area contributed by atoms with Crippen LogP contribution in [0.4, 0.5) is 0 Å². The van der Waals surface area contributed by atoms with E-state index in [2.05, 4.69) is 17.2 Å². The molecule has 1 aromatic heterocycles. The van der Waals surface area contributed by atoms with Crippen molar-refractivity contribution in [1.82, 2.24) is 10.3 Å². The number of amides is 1. The molecule has 1 aliphatic rings. The van der Waals surface area contributed by atoms with E-state index in [1.54, 1.807) is 14.2 Å². The van der Waals surface area contributed by atoms with Crippen LogP contribution in [0.5, 0.6) is 11.5 Å². The smallest absolute Gasteiger partial charge is 0.267 e. The Kier molecular flexibility index (Phi) is 4.46. The fourth-order valence-corrected chi connectivity index (χ4v) is 3.43. The number of benzene rings is 1. The van der Waals surface area contributed by atoms with Gasteiger partial charge in [-0.05, 0) is 37.0 Å². The maximum atomic E-state index is 12.6. The maximum Gasteiger partial charge on any atom is 0.267 e. The molecule has 5 heteroatoms. The summed E-state index contributed by atoms with van der Waals surface area (Å²) in [5, 5.41) is 4.02. The van der Waals surface area contributed by atoms with Gasteiger partial charge in [-0.15, -0.1) is 0 Å². The second-order valence-electron chi connectivity index (χ2n) is 6.29. The summed E-state index contributed by atoms with van der Waals surface area (Å²) in [5.41, 5.74) is 1.42. The Morgan fingerprint density at radius 1 is 1.22 bits per heavy atom. The molecule has 1 amide bonds. The van der Waals surface area contributed by atoms with Crippen LogP contribution in [-0.4, -0.2) is 31.2 Å². The van der Waals surface area contributed by atoms with Crippen molar-refractivity contribution in [2.75, 3.05) is 14.2 Å². The highest BCUT2D eigenvalue weighted by Gasteiger charge is 2.24. The zero-order chi connectivity index (χ0) is 16.4. The van der Waals surface area contributed by atoms with Gasteiger partial charge in [0.05, 0.1) is 19.7 Å². The average molecular weight is 316 g/mol. The van der Waals surface area contributed by atoms with Crippen LogP contribution in [0.3, 0.4) is 0 Å². The zero-order valence-corrected chi connectivity index (χ0v) is 13.9. The molecular formula is C18H24N2O3. The molecule has 2 aromatic rings. The third-order valence-corrected chi connectivity index (χ3v) is 4.81. The van der Waals surface area contributed by atoms with Gasteiger partial charge in [-0.1, -0.05) is 19.8 Å². The third-order valence-electron chi connectivity index (χ3n) is 4.81. The summed E-state index contributed by atoms with van der Waals surface area (Å²) >= 11 is 0. The molecule has 5 nitrogen and oxygen atoms in total. The molecule has 1 aromatic carbocycles. The topological polar surface area (TPSA) is 63.4 Å². The van der Waals surface area contributed by atoms with Gasteiger partial charge in [0.2, 0.25) is 0 Å². The first kappa shape index (κ1) is 15.7. The number of fused-ring (bicyclic) bond motifs is 1. The van der Waals surface area contributed by atoms with E-state index in [0.29, 0.717) is 23.1 Å². The molecule has 23 heavy (non-hydrogen) atoms. The number of aromatic nitrogens is 1. The Balaban J connectivity index is 1.86. The van der Waals surface area contributed by atoms with Crippen LogP contribution in [0.25, 0.3) is 10.9 Å². The van der Waals surface area contributed by atoms with E-state index in [4.69, 9.17) is 9.47 Å². The number of methoxy groups -OCH3 is 2. The van der Waals surface area contributed by atoms with Crippen molar-refractivity contribution in [3.63, 3.8) is 0 Å². The molecule has 3 rings (SSSR count). The first-order valence-electron chi connectivity index (χ1n) is 8.18. The zero-order valence-electron chi connectivity index (χ0n) is 13.9. The van der Waals surface area contributed by atoms with Crippen LogP contribution in [-0.2, 0) is 0 Å². The number of aromatic amines is 1. The van der Waals surface area contributed by atoms with E-state index in [0.717, 1.165) is 17.3 Å². The van der Waals surface area contributed by atoms with Gasteiger partial charge in [-0.2, -0.15) is 0 Å². The number of H-pyrrole nitrogens is 1. The van der Waals surface area contributed by atoms with Crippen molar-refractivity contribution >= 4 is 16.8 Å². The first-order chi connectivity index (χ1) is 11.1. The Morgan fingerprint density at radius 3 is 2.70 bits per heavy atom. The lowest BCUT2D eigenvalue weighted by molar-refractivity contribution is 0.0906. The SMILES string of the molecule is COc1ccc2[nH]c(C(=O)N[C@@H]3CCCC[C@@H]3C)cc2c1OC. The van der Waals surface area contributed by atoms with E-state index in [1.165, 1.54) is 19.3 Å². The number of hydrogen-bond donors (Lipinski definition) is 2. The average Bonchev–Trinajstić information content (AvgIpc) is 3.00. The van der Waals surface area contributed by atoms with Crippen molar-refractivity contribution in [3.8, 4) is 11.5 Å². The second-order valence-corrected chi connectivity index (χ2v) is 6.29. The molecule has 1 aliphatic carbocycles. The monoisotopic (exact) mass is 316 g/mol. The fourth-order valence-electron chi connectivity index (χ4n) is 3.43. The molecule has 0 unspecified atom stereocenters. The summed E-state index contributed by atoms with van der Waals surface area (Å²) in [6, 6.07) is 5.83. The Labute approximate surface area is 136 Å². The summed E-state index contributed by atoms with van der Waals surface area (Å²) in [5.74, 6) is 1.78. The molecule has 0 bridgehead atoms. The van der Waals surface area contributed by atoms with E-state index in [-0.39, 0.29) is 11.9 Å². The van der Waals surface area contributed by atoms with E-state index in [9.17, 15) is 4.79 Å². The van der Waals surface area contributed by atoms with Gasteiger partial charge < -0.3 is 19.8 Å². The van der Waals surface area contributed by atoms with Gasteiger partial charge in [0.1, 0.15) is 5.69 Å². The van der Waals surface area contributed by atoms with Gasteiger partial charge in [-0.25, -0.2) is 0 Å². The second kappa shape index (κ2) is 6.52. The molecule has 2 atom stereocenters. The van der Waals surface area contributed by atoms with Crippen LogP contribution in [0.15, 0.2) is 18.2 Å². The van der Waals surface area contributed by atoms with Gasteiger partial charge in [0.15, 0.2) is 11.5 Å². The summed E-state index contributed by atoms with van der Waals surface area (Å²) < 4.78 is 10.7. The maximum absolute atomic E-state index is 12.6. The van der Waals surface area contributed by atoms with Crippen LogP contribution < -0.4 is 14.8 Å². The largest absolute Gasteiger partial charge is 0.493 e. The number of carbonyl (C=O) groups is 1. The lowest BCUT2D eigenvalue weighted by Crippen LogP contribution is -2.41.